The standard InChI is InChI=1S/C15H23BrN2O2/c1-10(2)5-14(9-18(3)4)17-13-7-11(15(19)20)6-12(16)8-13/h6-8,10,14,17H,5,9H2,1-4H3,(H,19,20). The molecule has 20 heavy (non-hydrogen) atoms. The van der Waals surface area contributed by atoms with E-state index in [1.165, 1.54) is 0 Å². The number of anilines is 1. The molecular formula is C15H23BrN2O2. The minimum absolute atomic E-state index is 0.287. The molecule has 0 saturated carbocycles. The van der Waals surface area contributed by atoms with Gasteiger partial charge in [-0.05, 0) is 44.6 Å². The number of carboxylic acid groups (broad SMARTS) is 1. The largest absolute Gasteiger partial charge is 0.478 e. The predicted octanol–water partition coefficient (Wildman–Crippen LogP) is 3.54. The molecule has 1 rings (SSSR count). The van der Waals surface area contributed by atoms with Crippen LogP contribution >= 0.6 is 15.9 Å². The Balaban J connectivity index is 2.89. The highest BCUT2D eigenvalue weighted by molar-refractivity contribution is 9.10. The topological polar surface area (TPSA) is 52.6 Å². The molecule has 0 aromatic heterocycles. The van der Waals surface area contributed by atoms with Crippen molar-refractivity contribution in [2.24, 2.45) is 5.92 Å². The Labute approximate surface area is 129 Å². The van der Waals surface area contributed by atoms with Gasteiger partial charge in [0.05, 0.1) is 5.56 Å². The molecule has 0 heterocycles. The number of hydrogen-bond donors (Lipinski definition) is 2. The van der Waals surface area contributed by atoms with Gasteiger partial charge in [-0.1, -0.05) is 29.8 Å². The van der Waals surface area contributed by atoms with Crippen molar-refractivity contribution in [1.82, 2.24) is 4.90 Å². The monoisotopic (exact) mass is 342 g/mol. The maximum atomic E-state index is 11.1. The van der Waals surface area contributed by atoms with E-state index < -0.39 is 5.97 Å². The van der Waals surface area contributed by atoms with Crippen molar-refractivity contribution in [3.8, 4) is 0 Å². The fraction of sp³-hybridized carbons (Fsp3) is 0.533. The third-order valence-corrected chi connectivity index (χ3v) is 3.31. The number of carbonyl (C=O) groups is 1. The fourth-order valence-corrected chi connectivity index (χ4v) is 2.71. The van der Waals surface area contributed by atoms with Gasteiger partial charge in [-0.3, -0.25) is 0 Å². The quantitative estimate of drug-likeness (QED) is 0.795. The SMILES string of the molecule is CC(C)CC(CN(C)C)Nc1cc(Br)cc(C(=O)O)c1. The van der Waals surface area contributed by atoms with Crippen LogP contribution in [0.4, 0.5) is 5.69 Å². The highest BCUT2D eigenvalue weighted by Gasteiger charge is 2.13. The van der Waals surface area contributed by atoms with Crippen LogP contribution in [0.25, 0.3) is 0 Å². The Hall–Kier alpha value is -1.07. The third-order valence-electron chi connectivity index (χ3n) is 2.86. The van der Waals surface area contributed by atoms with E-state index in [0.29, 0.717) is 12.0 Å². The lowest BCUT2D eigenvalue weighted by Crippen LogP contribution is -2.33. The fourth-order valence-electron chi connectivity index (χ4n) is 2.22. The van der Waals surface area contributed by atoms with E-state index in [9.17, 15) is 4.79 Å². The molecule has 0 radical (unpaired) electrons. The van der Waals surface area contributed by atoms with Crippen molar-refractivity contribution >= 4 is 27.6 Å². The minimum atomic E-state index is -0.914. The molecule has 0 aliphatic rings. The highest BCUT2D eigenvalue weighted by atomic mass is 79.9. The van der Waals surface area contributed by atoms with Crippen LogP contribution in [-0.4, -0.2) is 42.7 Å². The summed E-state index contributed by atoms with van der Waals surface area (Å²) in [6, 6.07) is 5.49. The zero-order valence-electron chi connectivity index (χ0n) is 12.5. The van der Waals surface area contributed by atoms with E-state index >= 15 is 0 Å². The number of aromatic carboxylic acids is 1. The van der Waals surface area contributed by atoms with Crippen molar-refractivity contribution in [2.45, 2.75) is 26.3 Å². The Kier molecular flexibility index (Phi) is 6.49. The Morgan fingerprint density at radius 1 is 1.35 bits per heavy atom. The lowest BCUT2D eigenvalue weighted by atomic mass is 10.0. The summed E-state index contributed by atoms with van der Waals surface area (Å²) in [6.45, 7) is 5.29. The van der Waals surface area contributed by atoms with Crippen molar-refractivity contribution in [2.75, 3.05) is 26.0 Å². The summed E-state index contributed by atoms with van der Waals surface area (Å²) in [7, 11) is 4.08. The van der Waals surface area contributed by atoms with Crippen molar-refractivity contribution < 1.29 is 9.90 Å². The lowest BCUT2D eigenvalue weighted by molar-refractivity contribution is 0.0697. The smallest absolute Gasteiger partial charge is 0.335 e. The van der Waals surface area contributed by atoms with Gasteiger partial charge in [0.2, 0.25) is 0 Å². The molecule has 0 aliphatic heterocycles. The highest BCUT2D eigenvalue weighted by Crippen LogP contribution is 2.21. The molecule has 1 aromatic rings. The van der Waals surface area contributed by atoms with E-state index in [1.54, 1.807) is 12.1 Å². The summed E-state index contributed by atoms with van der Waals surface area (Å²) in [5.74, 6) is -0.332. The van der Waals surface area contributed by atoms with Crippen LogP contribution in [0.15, 0.2) is 22.7 Å². The number of halogens is 1. The van der Waals surface area contributed by atoms with E-state index in [4.69, 9.17) is 5.11 Å². The molecule has 4 nitrogen and oxygen atoms in total. The number of nitrogens with zero attached hydrogens (tertiary/aromatic N) is 1. The van der Waals surface area contributed by atoms with Crippen LogP contribution in [-0.2, 0) is 0 Å². The number of carboxylic acids is 1. The first kappa shape index (κ1) is 17.0. The first-order valence-corrected chi connectivity index (χ1v) is 7.52. The van der Waals surface area contributed by atoms with Gasteiger partial charge < -0.3 is 15.3 Å². The van der Waals surface area contributed by atoms with E-state index in [1.807, 2.05) is 20.2 Å². The van der Waals surface area contributed by atoms with Crippen molar-refractivity contribution in [1.29, 1.82) is 0 Å². The molecule has 0 fully saturated rings. The molecule has 0 spiro atoms. The van der Waals surface area contributed by atoms with E-state index in [-0.39, 0.29) is 5.56 Å². The first-order chi connectivity index (χ1) is 9.27. The molecule has 112 valence electrons. The van der Waals surface area contributed by atoms with Crippen LogP contribution in [0, 0.1) is 5.92 Å². The van der Waals surface area contributed by atoms with Crippen molar-refractivity contribution in [3.63, 3.8) is 0 Å². The zero-order chi connectivity index (χ0) is 15.3. The number of nitrogens with one attached hydrogen (secondary N) is 1. The second-order valence-corrected chi connectivity index (χ2v) is 6.68. The molecule has 5 heteroatoms. The summed E-state index contributed by atoms with van der Waals surface area (Å²) in [5, 5.41) is 12.5. The third kappa shape index (κ3) is 5.92. The summed E-state index contributed by atoms with van der Waals surface area (Å²) < 4.78 is 0.771. The Bertz CT molecular complexity index is 451. The van der Waals surface area contributed by atoms with Gasteiger partial charge in [0.25, 0.3) is 0 Å². The number of rotatable bonds is 7. The van der Waals surface area contributed by atoms with Crippen LogP contribution in [0.5, 0.6) is 0 Å². The van der Waals surface area contributed by atoms with Crippen LogP contribution < -0.4 is 5.32 Å². The van der Waals surface area contributed by atoms with Gasteiger partial charge in [-0.2, -0.15) is 0 Å². The van der Waals surface area contributed by atoms with Gasteiger partial charge in [0.1, 0.15) is 0 Å². The molecule has 2 N–H and O–H groups in total. The predicted molar refractivity (Wildman–Crippen MR) is 86.5 cm³/mol. The second kappa shape index (κ2) is 7.64. The summed E-state index contributed by atoms with van der Waals surface area (Å²) in [6.07, 6.45) is 1.03. The average Bonchev–Trinajstić information content (AvgIpc) is 2.25. The van der Waals surface area contributed by atoms with Crippen molar-refractivity contribution in [3.05, 3.63) is 28.2 Å². The average molecular weight is 343 g/mol. The van der Waals surface area contributed by atoms with Gasteiger partial charge in [-0.15, -0.1) is 0 Å². The normalized spacial score (nSPS) is 12.8. The zero-order valence-corrected chi connectivity index (χ0v) is 14.1. The molecule has 0 bridgehead atoms. The van der Waals surface area contributed by atoms with Gasteiger partial charge in [0, 0.05) is 22.7 Å². The Morgan fingerprint density at radius 3 is 2.50 bits per heavy atom. The number of likely N-dealkylation sites (N-methyl/N-ethyl adjacent to an activating group) is 1. The number of hydrogen-bond acceptors (Lipinski definition) is 3. The van der Waals surface area contributed by atoms with Crippen LogP contribution in [0.3, 0.4) is 0 Å². The molecule has 0 saturated heterocycles. The number of benzene rings is 1. The molecule has 0 amide bonds. The van der Waals surface area contributed by atoms with Crippen LogP contribution in [0.2, 0.25) is 0 Å². The second-order valence-electron chi connectivity index (χ2n) is 5.77. The summed E-state index contributed by atoms with van der Waals surface area (Å²) >= 11 is 3.36. The van der Waals surface area contributed by atoms with Crippen LogP contribution in [0.1, 0.15) is 30.6 Å². The van der Waals surface area contributed by atoms with E-state index in [2.05, 4.69) is 40.0 Å². The molecule has 1 unspecified atom stereocenters. The van der Waals surface area contributed by atoms with E-state index in [0.717, 1.165) is 23.1 Å². The summed E-state index contributed by atoms with van der Waals surface area (Å²) in [4.78, 5) is 13.2. The Morgan fingerprint density at radius 2 is 2.00 bits per heavy atom. The molecule has 1 atom stereocenters. The lowest BCUT2D eigenvalue weighted by Gasteiger charge is -2.25. The molecule has 1 aromatic carbocycles. The molecule has 0 aliphatic carbocycles. The maximum absolute atomic E-state index is 11.1. The van der Waals surface area contributed by atoms with Gasteiger partial charge >= 0.3 is 5.97 Å². The summed E-state index contributed by atoms with van der Waals surface area (Å²) in [5.41, 5.74) is 1.12. The minimum Gasteiger partial charge on any atom is -0.478 e. The van der Waals surface area contributed by atoms with Gasteiger partial charge in [-0.25, -0.2) is 4.79 Å². The first-order valence-electron chi connectivity index (χ1n) is 6.73. The maximum Gasteiger partial charge on any atom is 0.335 e. The molecular weight excluding hydrogens is 320 g/mol. The van der Waals surface area contributed by atoms with Gasteiger partial charge in [0.15, 0.2) is 0 Å².